The Morgan fingerprint density at radius 2 is 2.05 bits per heavy atom. The van der Waals surface area contributed by atoms with Gasteiger partial charge in [0.1, 0.15) is 5.56 Å². The van der Waals surface area contributed by atoms with E-state index in [-0.39, 0.29) is 29.1 Å². The van der Waals surface area contributed by atoms with E-state index in [2.05, 4.69) is 10.4 Å². The number of nitrogens with one attached hydrogen (secondary N) is 1. The zero-order chi connectivity index (χ0) is 15.6. The lowest BCUT2D eigenvalue weighted by Crippen LogP contribution is -2.40. The monoisotopic (exact) mass is 293 g/mol. The van der Waals surface area contributed by atoms with Gasteiger partial charge >= 0.3 is 0 Å². The Balaban J connectivity index is 2.12. The number of aliphatic hydroxyl groups excluding tert-OH is 1. The van der Waals surface area contributed by atoms with Gasteiger partial charge in [-0.05, 0) is 32.3 Å². The summed E-state index contributed by atoms with van der Waals surface area (Å²) in [5, 5.41) is 16.8. The Kier molecular flexibility index (Phi) is 4.77. The maximum absolute atomic E-state index is 12.3. The van der Waals surface area contributed by atoms with Crippen LogP contribution in [0, 0.1) is 19.8 Å². The molecule has 0 aliphatic heterocycles. The summed E-state index contributed by atoms with van der Waals surface area (Å²) in [4.78, 5) is 24.4. The van der Waals surface area contributed by atoms with Crippen LogP contribution in [0.4, 0.5) is 0 Å². The molecule has 2 rings (SSSR count). The summed E-state index contributed by atoms with van der Waals surface area (Å²) in [6.45, 7) is 3.91. The Hall–Kier alpha value is -1.69. The molecular formula is C15H23N3O3. The Labute approximate surface area is 124 Å². The van der Waals surface area contributed by atoms with Gasteiger partial charge in [0.15, 0.2) is 0 Å². The molecule has 1 amide bonds. The third kappa shape index (κ3) is 3.32. The van der Waals surface area contributed by atoms with Gasteiger partial charge in [-0.3, -0.25) is 9.59 Å². The van der Waals surface area contributed by atoms with Gasteiger partial charge in [0, 0.05) is 19.5 Å². The molecule has 0 saturated heterocycles. The van der Waals surface area contributed by atoms with Crippen molar-refractivity contribution >= 4 is 5.91 Å². The summed E-state index contributed by atoms with van der Waals surface area (Å²) >= 11 is 0. The van der Waals surface area contributed by atoms with Gasteiger partial charge in [-0.25, -0.2) is 4.68 Å². The minimum atomic E-state index is -0.389. The topological polar surface area (TPSA) is 84.2 Å². The molecule has 1 aromatic heterocycles. The van der Waals surface area contributed by atoms with E-state index in [4.69, 9.17) is 0 Å². The first kappa shape index (κ1) is 15.7. The van der Waals surface area contributed by atoms with E-state index in [0.29, 0.717) is 17.8 Å². The summed E-state index contributed by atoms with van der Waals surface area (Å²) in [5.41, 5.74) is 1.04. The molecule has 6 nitrogen and oxygen atoms in total. The number of nitrogens with zero attached hydrogens (tertiary/aromatic N) is 2. The van der Waals surface area contributed by atoms with Crippen LogP contribution in [0.25, 0.3) is 0 Å². The predicted octanol–water partition coefficient (Wildman–Crippen LogP) is 0.678. The molecule has 0 bridgehead atoms. The third-order valence-electron chi connectivity index (χ3n) is 4.35. The molecule has 1 fully saturated rings. The molecule has 2 unspecified atom stereocenters. The fraction of sp³-hybridized carbons (Fsp3) is 0.667. The Bertz CT molecular complexity index is 595. The number of aryl methyl sites for hydroxylation is 2. The normalized spacial score (nSPS) is 22.1. The van der Waals surface area contributed by atoms with Crippen molar-refractivity contribution in [2.24, 2.45) is 13.0 Å². The fourth-order valence-electron chi connectivity index (χ4n) is 2.85. The van der Waals surface area contributed by atoms with E-state index in [1.807, 2.05) is 0 Å². The van der Waals surface area contributed by atoms with Crippen LogP contribution < -0.4 is 10.9 Å². The van der Waals surface area contributed by atoms with E-state index in [0.717, 1.165) is 25.7 Å². The summed E-state index contributed by atoms with van der Waals surface area (Å²) in [6, 6.07) is 0. The number of hydrogen-bond acceptors (Lipinski definition) is 4. The minimum Gasteiger partial charge on any atom is -0.393 e. The van der Waals surface area contributed by atoms with E-state index in [9.17, 15) is 14.7 Å². The van der Waals surface area contributed by atoms with Crippen molar-refractivity contribution in [1.29, 1.82) is 0 Å². The summed E-state index contributed by atoms with van der Waals surface area (Å²) < 4.78 is 1.19. The number of rotatable bonds is 3. The standard InChI is InChI=1S/C15H23N3O3/c1-9-10(2)17-18(3)15(21)13(9)14(20)16-8-11-6-4-5-7-12(11)19/h11-12,19H,4-8H2,1-3H3,(H,16,20). The number of aliphatic hydroxyl groups is 1. The van der Waals surface area contributed by atoms with E-state index >= 15 is 0 Å². The minimum absolute atomic E-state index is 0.0785. The highest BCUT2D eigenvalue weighted by Crippen LogP contribution is 2.23. The van der Waals surface area contributed by atoms with Gasteiger partial charge in [-0.15, -0.1) is 0 Å². The molecule has 0 radical (unpaired) electrons. The van der Waals surface area contributed by atoms with E-state index < -0.39 is 0 Å². The van der Waals surface area contributed by atoms with Crippen molar-refractivity contribution in [3.05, 3.63) is 27.2 Å². The zero-order valence-electron chi connectivity index (χ0n) is 12.8. The van der Waals surface area contributed by atoms with E-state index in [1.54, 1.807) is 13.8 Å². The lowest BCUT2D eigenvalue weighted by Gasteiger charge is -2.27. The number of hydrogen-bond donors (Lipinski definition) is 2. The molecule has 116 valence electrons. The van der Waals surface area contributed by atoms with Crippen LogP contribution in [0.2, 0.25) is 0 Å². The molecule has 1 heterocycles. The third-order valence-corrected chi connectivity index (χ3v) is 4.35. The first-order valence-corrected chi connectivity index (χ1v) is 7.42. The van der Waals surface area contributed by atoms with Crippen molar-refractivity contribution in [2.45, 2.75) is 45.6 Å². The molecule has 1 aliphatic carbocycles. The first-order chi connectivity index (χ1) is 9.91. The van der Waals surface area contributed by atoms with Gasteiger partial charge < -0.3 is 10.4 Å². The zero-order valence-corrected chi connectivity index (χ0v) is 12.8. The SMILES string of the molecule is Cc1nn(C)c(=O)c(C(=O)NCC2CCCCC2O)c1C. The van der Waals surface area contributed by atoms with Crippen LogP contribution in [0.5, 0.6) is 0 Å². The number of aromatic nitrogens is 2. The highest BCUT2D eigenvalue weighted by atomic mass is 16.3. The van der Waals surface area contributed by atoms with E-state index in [1.165, 1.54) is 11.7 Å². The van der Waals surface area contributed by atoms with Crippen molar-refractivity contribution in [2.75, 3.05) is 6.54 Å². The second kappa shape index (κ2) is 6.39. The predicted molar refractivity (Wildman–Crippen MR) is 79.3 cm³/mol. The molecule has 2 atom stereocenters. The van der Waals surface area contributed by atoms with Crippen LogP contribution in [-0.4, -0.2) is 33.4 Å². The molecule has 1 aliphatic rings. The van der Waals surface area contributed by atoms with Gasteiger partial charge in [-0.2, -0.15) is 5.10 Å². The second-order valence-corrected chi connectivity index (χ2v) is 5.84. The van der Waals surface area contributed by atoms with Crippen molar-refractivity contribution < 1.29 is 9.90 Å². The molecule has 21 heavy (non-hydrogen) atoms. The number of carbonyl (C=O) groups excluding carboxylic acids is 1. The molecule has 1 saturated carbocycles. The average molecular weight is 293 g/mol. The van der Waals surface area contributed by atoms with Gasteiger partial charge in [-0.1, -0.05) is 12.8 Å². The Morgan fingerprint density at radius 3 is 2.71 bits per heavy atom. The smallest absolute Gasteiger partial charge is 0.279 e. The lowest BCUT2D eigenvalue weighted by atomic mass is 9.86. The highest BCUT2D eigenvalue weighted by molar-refractivity contribution is 5.95. The summed E-state index contributed by atoms with van der Waals surface area (Å²) in [6.07, 6.45) is 3.45. The van der Waals surface area contributed by atoms with Crippen molar-refractivity contribution in [3.8, 4) is 0 Å². The molecule has 6 heteroatoms. The number of carbonyl (C=O) groups is 1. The van der Waals surface area contributed by atoms with Crippen LogP contribution in [0.3, 0.4) is 0 Å². The molecule has 2 N–H and O–H groups in total. The van der Waals surface area contributed by atoms with Gasteiger partial charge in [0.05, 0.1) is 11.8 Å². The summed E-state index contributed by atoms with van der Waals surface area (Å²) in [5.74, 6) is -0.300. The maximum Gasteiger partial charge on any atom is 0.279 e. The van der Waals surface area contributed by atoms with Crippen LogP contribution in [0.1, 0.15) is 47.3 Å². The second-order valence-electron chi connectivity index (χ2n) is 5.84. The number of amides is 1. The average Bonchev–Trinajstić information content (AvgIpc) is 2.44. The highest BCUT2D eigenvalue weighted by Gasteiger charge is 2.24. The molecular weight excluding hydrogens is 270 g/mol. The largest absolute Gasteiger partial charge is 0.393 e. The maximum atomic E-state index is 12.3. The quantitative estimate of drug-likeness (QED) is 0.858. The van der Waals surface area contributed by atoms with Crippen LogP contribution >= 0.6 is 0 Å². The molecule has 1 aromatic rings. The van der Waals surface area contributed by atoms with Crippen molar-refractivity contribution in [1.82, 2.24) is 15.1 Å². The molecule has 0 spiro atoms. The van der Waals surface area contributed by atoms with Crippen molar-refractivity contribution in [3.63, 3.8) is 0 Å². The summed E-state index contributed by atoms with van der Waals surface area (Å²) in [7, 11) is 1.54. The van der Waals surface area contributed by atoms with Gasteiger partial charge in [0.2, 0.25) is 0 Å². The molecule has 0 aromatic carbocycles. The fourth-order valence-corrected chi connectivity index (χ4v) is 2.85. The lowest BCUT2D eigenvalue weighted by molar-refractivity contribution is 0.0662. The van der Waals surface area contributed by atoms with Crippen LogP contribution in [-0.2, 0) is 7.05 Å². The Morgan fingerprint density at radius 1 is 1.38 bits per heavy atom. The first-order valence-electron chi connectivity index (χ1n) is 7.42. The van der Waals surface area contributed by atoms with Gasteiger partial charge in [0.25, 0.3) is 11.5 Å². The van der Waals surface area contributed by atoms with Crippen LogP contribution in [0.15, 0.2) is 4.79 Å².